The van der Waals surface area contributed by atoms with Crippen molar-refractivity contribution in [3.8, 4) is 11.5 Å². The molecule has 0 saturated carbocycles. The number of anilines is 1. The molecule has 1 N–H and O–H groups in total. The molecule has 2 aromatic rings. The molecule has 5 rings (SSSR count). The van der Waals surface area contributed by atoms with Gasteiger partial charge in [-0.15, -0.1) is 4.40 Å². The Morgan fingerprint density at radius 2 is 1.90 bits per heavy atom. The van der Waals surface area contributed by atoms with Gasteiger partial charge in [0.05, 0.1) is 16.6 Å². The molecule has 10 heteroatoms. The molecule has 0 bridgehead atoms. The molecule has 2 aromatic carbocycles. The Hall–Kier alpha value is -2.78. The second kappa shape index (κ2) is 7.72. The summed E-state index contributed by atoms with van der Waals surface area (Å²) in [5.74, 6) is 0.982. The van der Waals surface area contributed by atoms with Crippen LogP contribution in [-0.2, 0) is 14.8 Å². The average molecular weight is 462 g/mol. The number of nitrogens with zero attached hydrogens (tertiary/aromatic N) is 2. The first-order chi connectivity index (χ1) is 14.9. The average Bonchev–Trinajstić information content (AvgIpc) is 3.05. The zero-order valence-electron chi connectivity index (χ0n) is 16.5. The van der Waals surface area contributed by atoms with Crippen LogP contribution in [0.25, 0.3) is 0 Å². The van der Waals surface area contributed by atoms with Crippen LogP contribution in [0.5, 0.6) is 11.5 Å². The summed E-state index contributed by atoms with van der Waals surface area (Å²) in [4.78, 5) is 15.1. The number of nitrogens with one attached hydrogen (secondary N) is 1. The third-order valence-corrected chi connectivity index (χ3v) is 7.23. The highest BCUT2D eigenvalue weighted by Crippen LogP contribution is 2.38. The molecule has 1 fully saturated rings. The number of piperidine rings is 1. The molecule has 0 aliphatic carbocycles. The zero-order chi connectivity index (χ0) is 21.6. The normalized spacial score (nSPS) is 21.3. The Bertz CT molecular complexity index is 1200. The summed E-state index contributed by atoms with van der Waals surface area (Å²) in [6.07, 6.45) is 1.43. The van der Waals surface area contributed by atoms with Crippen LogP contribution in [0.4, 0.5) is 5.69 Å². The molecule has 31 heavy (non-hydrogen) atoms. The smallest absolute Gasteiger partial charge is 0.285 e. The zero-order valence-corrected chi connectivity index (χ0v) is 18.1. The van der Waals surface area contributed by atoms with Crippen LogP contribution in [0, 0.1) is 5.92 Å². The quantitative estimate of drug-likeness (QED) is 0.738. The van der Waals surface area contributed by atoms with Crippen molar-refractivity contribution < 1.29 is 22.7 Å². The lowest BCUT2D eigenvalue weighted by Crippen LogP contribution is -2.43. The van der Waals surface area contributed by atoms with Crippen molar-refractivity contribution in [3.05, 3.63) is 47.0 Å². The summed E-state index contributed by atoms with van der Waals surface area (Å²) in [6.45, 7) is 1.90. The fourth-order valence-corrected chi connectivity index (χ4v) is 5.52. The van der Waals surface area contributed by atoms with E-state index in [0.29, 0.717) is 66.3 Å². The van der Waals surface area contributed by atoms with Crippen molar-refractivity contribution in [2.24, 2.45) is 10.3 Å². The highest BCUT2D eigenvalue weighted by atomic mass is 35.5. The third kappa shape index (κ3) is 3.72. The number of carbonyl (C=O) groups is 1. The lowest BCUT2D eigenvalue weighted by Gasteiger charge is -2.33. The number of carbonyl (C=O) groups excluding carboxylic acids is 1. The SMILES string of the molecule is O=C(Nc1cc2c(cc1Cl)OCCO2)[C@H]1CCCN(C2=NS(=O)(=O)c3ccccc32)C1. The van der Waals surface area contributed by atoms with Gasteiger partial charge in [-0.3, -0.25) is 4.79 Å². The third-order valence-electron chi connectivity index (χ3n) is 5.59. The van der Waals surface area contributed by atoms with Crippen LogP contribution in [0.15, 0.2) is 45.7 Å². The molecule has 0 unspecified atom stereocenters. The van der Waals surface area contributed by atoms with Crippen molar-refractivity contribution in [1.82, 2.24) is 4.90 Å². The molecule has 1 saturated heterocycles. The van der Waals surface area contributed by atoms with Crippen molar-refractivity contribution in [3.63, 3.8) is 0 Å². The van der Waals surface area contributed by atoms with Crippen molar-refractivity contribution in [1.29, 1.82) is 0 Å². The molecule has 3 aliphatic rings. The Kier molecular flexibility index (Phi) is 5.02. The first-order valence-corrected chi connectivity index (χ1v) is 11.8. The predicted molar refractivity (Wildman–Crippen MR) is 116 cm³/mol. The van der Waals surface area contributed by atoms with E-state index in [4.69, 9.17) is 21.1 Å². The molecule has 3 aliphatic heterocycles. The van der Waals surface area contributed by atoms with Gasteiger partial charge in [0, 0.05) is 30.8 Å². The summed E-state index contributed by atoms with van der Waals surface area (Å²) < 4.78 is 39.8. The molecule has 8 nitrogen and oxygen atoms in total. The van der Waals surface area contributed by atoms with E-state index in [-0.39, 0.29) is 16.7 Å². The lowest BCUT2D eigenvalue weighted by atomic mass is 9.96. The standard InChI is InChI=1S/C21H20ClN3O5S/c22-15-10-17-18(30-9-8-29-17)11-16(15)23-21(26)13-4-3-7-25(12-13)20-14-5-1-2-6-19(14)31(27,28)24-20/h1-2,5-6,10-11,13H,3-4,7-9,12H2,(H,23,26)/t13-/m0/s1. The van der Waals surface area contributed by atoms with Gasteiger partial charge in [-0.2, -0.15) is 8.42 Å². The fraction of sp³-hybridized carbons (Fsp3) is 0.333. The van der Waals surface area contributed by atoms with E-state index in [1.54, 1.807) is 36.4 Å². The number of ether oxygens (including phenoxy) is 2. The highest BCUT2D eigenvalue weighted by molar-refractivity contribution is 7.90. The van der Waals surface area contributed by atoms with Gasteiger partial charge in [-0.05, 0) is 25.0 Å². The number of amidine groups is 1. The summed E-state index contributed by atoms with van der Waals surface area (Å²) in [5.41, 5.74) is 1.04. The second-order valence-corrected chi connectivity index (χ2v) is 9.62. The van der Waals surface area contributed by atoms with Gasteiger partial charge < -0.3 is 19.7 Å². The molecule has 1 atom stereocenters. The number of hydrogen-bond donors (Lipinski definition) is 1. The second-order valence-electron chi connectivity index (χ2n) is 7.64. The first kappa shape index (κ1) is 20.1. The number of hydrogen-bond acceptors (Lipinski definition) is 6. The Morgan fingerprint density at radius 1 is 1.16 bits per heavy atom. The van der Waals surface area contributed by atoms with Crippen molar-refractivity contribution >= 4 is 39.1 Å². The van der Waals surface area contributed by atoms with Gasteiger partial charge in [0.2, 0.25) is 5.91 Å². The molecule has 0 aromatic heterocycles. The fourth-order valence-electron chi connectivity index (χ4n) is 4.09. The van der Waals surface area contributed by atoms with Crippen LogP contribution in [0.2, 0.25) is 5.02 Å². The molecular weight excluding hydrogens is 442 g/mol. The first-order valence-electron chi connectivity index (χ1n) is 10.0. The molecule has 1 amide bonds. The van der Waals surface area contributed by atoms with E-state index in [9.17, 15) is 13.2 Å². The lowest BCUT2D eigenvalue weighted by molar-refractivity contribution is -0.121. The Labute approximate surface area is 184 Å². The number of likely N-dealkylation sites (tertiary alicyclic amines) is 1. The molecule has 0 radical (unpaired) electrons. The van der Waals surface area contributed by atoms with E-state index < -0.39 is 10.0 Å². The van der Waals surface area contributed by atoms with E-state index in [1.165, 1.54) is 0 Å². The molecular formula is C21H20ClN3O5S. The van der Waals surface area contributed by atoms with Crippen LogP contribution in [0.3, 0.4) is 0 Å². The molecule has 0 spiro atoms. The van der Waals surface area contributed by atoms with Crippen LogP contribution < -0.4 is 14.8 Å². The number of sulfonamides is 1. The van der Waals surface area contributed by atoms with Crippen molar-refractivity contribution in [2.75, 3.05) is 31.6 Å². The topological polar surface area (TPSA) is 97.3 Å². The number of rotatable bonds is 2. The minimum atomic E-state index is -3.70. The Balaban J connectivity index is 1.34. The predicted octanol–water partition coefficient (Wildman–Crippen LogP) is 2.91. The van der Waals surface area contributed by atoms with Crippen LogP contribution in [-0.4, -0.2) is 51.4 Å². The Morgan fingerprint density at radius 3 is 2.71 bits per heavy atom. The van der Waals surface area contributed by atoms with Gasteiger partial charge >= 0.3 is 0 Å². The van der Waals surface area contributed by atoms with Crippen LogP contribution in [0.1, 0.15) is 18.4 Å². The van der Waals surface area contributed by atoms with E-state index in [1.807, 2.05) is 4.90 Å². The van der Waals surface area contributed by atoms with Crippen molar-refractivity contribution in [2.45, 2.75) is 17.7 Å². The summed E-state index contributed by atoms with van der Waals surface area (Å²) in [6, 6.07) is 10.1. The summed E-state index contributed by atoms with van der Waals surface area (Å²) >= 11 is 6.32. The molecule has 162 valence electrons. The number of benzene rings is 2. The van der Waals surface area contributed by atoms with Gasteiger partial charge in [-0.1, -0.05) is 23.7 Å². The number of amides is 1. The van der Waals surface area contributed by atoms with E-state index >= 15 is 0 Å². The maximum absolute atomic E-state index is 13.0. The number of fused-ring (bicyclic) bond motifs is 2. The summed E-state index contributed by atoms with van der Waals surface area (Å²) in [5, 5.41) is 3.25. The maximum atomic E-state index is 13.0. The molecule has 3 heterocycles. The minimum Gasteiger partial charge on any atom is -0.486 e. The largest absolute Gasteiger partial charge is 0.486 e. The summed E-state index contributed by atoms with van der Waals surface area (Å²) in [7, 11) is -3.70. The minimum absolute atomic E-state index is 0.182. The van der Waals surface area contributed by atoms with E-state index in [0.717, 1.165) is 6.42 Å². The van der Waals surface area contributed by atoms with Gasteiger partial charge in [0.15, 0.2) is 17.3 Å². The monoisotopic (exact) mass is 461 g/mol. The van der Waals surface area contributed by atoms with Gasteiger partial charge in [-0.25, -0.2) is 0 Å². The van der Waals surface area contributed by atoms with E-state index in [2.05, 4.69) is 9.71 Å². The number of halogens is 1. The van der Waals surface area contributed by atoms with Crippen LogP contribution >= 0.6 is 11.6 Å². The van der Waals surface area contributed by atoms with Gasteiger partial charge in [0.1, 0.15) is 18.1 Å². The maximum Gasteiger partial charge on any atom is 0.285 e. The highest BCUT2D eigenvalue weighted by Gasteiger charge is 2.35. The van der Waals surface area contributed by atoms with Gasteiger partial charge in [0.25, 0.3) is 10.0 Å².